The van der Waals surface area contributed by atoms with Gasteiger partial charge in [0, 0.05) is 12.6 Å². The molecule has 20 heavy (non-hydrogen) atoms. The third kappa shape index (κ3) is 2.50. The molecule has 0 saturated carbocycles. The predicted molar refractivity (Wildman–Crippen MR) is 77.3 cm³/mol. The zero-order valence-corrected chi connectivity index (χ0v) is 12.1. The summed E-state index contributed by atoms with van der Waals surface area (Å²) in [5.74, 6) is -0.655. The van der Waals surface area contributed by atoms with Gasteiger partial charge < -0.3 is 14.5 Å². The molecule has 0 unspecified atom stereocenters. The van der Waals surface area contributed by atoms with Crippen molar-refractivity contribution in [3.63, 3.8) is 0 Å². The first-order chi connectivity index (χ1) is 9.54. The molecule has 0 radical (unpaired) electrons. The van der Waals surface area contributed by atoms with E-state index in [1.807, 2.05) is 4.57 Å². The fourth-order valence-corrected chi connectivity index (χ4v) is 3.14. The van der Waals surface area contributed by atoms with Crippen LogP contribution < -0.4 is 0 Å². The lowest BCUT2D eigenvalue weighted by atomic mass is 9.97. The molecule has 1 aromatic heterocycles. The number of hydrogen-bond donors (Lipinski definition) is 1. The van der Waals surface area contributed by atoms with Crippen LogP contribution in [0, 0.1) is 22.3 Å². The molecule has 2 aromatic rings. The number of H-pyrrole nitrogens is 1. The largest absolute Gasteiger partial charge is 0.328 e. The van der Waals surface area contributed by atoms with Crippen molar-refractivity contribution < 1.29 is 8.78 Å². The highest BCUT2D eigenvalue weighted by Crippen LogP contribution is 2.24. The van der Waals surface area contributed by atoms with E-state index in [0.29, 0.717) is 21.7 Å². The van der Waals surface area contributed by atoms with Gasteiger partial charge in [0.25, 0.3) is 0 Å². The average Bonchev–Trinajstić information content (AvgIpc) is 2.70. The van der Waals surface area contributed by atoms with Crippen LogP contribution in [-0.4, -0.2) is 34.6 Å². The lowest BCUT2D eigenvalue weighted by Gasteiger charge is -2.29. The third-order valence-electron chi connectivity index (χ3n) is 4.08. The van der Waals surface area contributed by atoms with Crippen LogP contribution in [0.5, 0.6) is 0 Å². The van der Waals surface area contributed by atoms with E-state index in [2.05, 4.69) is 16.9 Å². The maximum Gasteiger partial charge on any atom is 0.178 e. The van der Waals surface area contributed by atoms with Gasteiger partial charge >= 0.3 is 0 Å². The monoisotopic (exact) mass is 297 g/mol. The summed E-state index contributed by atoms with van der Waals surface area (Å²) in [5, 5.41) is 0. The summed E-state index contributed by atoms with van der Waals surface area (Å²) in [6.45, 7) is 2.84. The fourth-order valence-electron chi connectivity index (χ4n) is 2.86. The second kappa shape index (κ2) is 5.26. The number of halogens is 2. The molecule has 1 aromatic carbocycles. The van der Waals surface area contributed by atoms with E-state index in [4.69, 9.17) is 12.2 Å². The number of rotatable bonds is 2. The Hall–Kier alpha value is -1.27. The summed E-state index contributed by atoms with van der Waals surface area (Å²) in [6, 6.07) is 2.23. The van der Waals surface area contributed by atoms with Crippen molar-refractivity contribution in [2.45, 2.75) is 19.4 Å². The summed E-state index contributed by atoms with van der Waals surface area (Å²) in [6.07, 6.45) is 2.17. The number of nitrogens with one attached hydrogen (secondary N) is 1. The number of benzene rings is 1. The van der Waals surface area contributed by atoms with Gasteiger partial charge in [-0.2, -0.15) is 0 Å². The van der Waals surface area contributed by atoms with Crippen LogP contribution in [-0.2, 0) is 6.54 Å². The molecule has 1 aliphatic heterocycles. The molecule has 0 aliphatic carbocycles. The highest BCUT2D eigenvalue weighted by Gasteiger charge is 2.19. The average molecular weight is 297 g/mol. The van der Waals surface area contributed by atoms with Crippen molar-refractivity contribution in [2.24, 2.45) is 5.92 Å². The van der Waals surface area contributed by atoms with Crippen LogP contribution in [0.15, 0.2) is 12.1 Å². The van der Waals surface area contributed by atoms with E-state index in [-0.39, 0.29) is 0 Å². The van der Waals surface area contributed by atoms with Crippen LogP contribution >= 0.6 is 12.2 Å². The Morgan fingerprint density at radius 1 is 1.30 bits per heavy atom. The minimum Gasteiger partial charge on any atom is -0.328 e. The summed E-state index contributed by atoms with van der Waals surface area (Å²) in [5.41, 5.74) is 0.816. The van der Waals surface area contributed by atoms with Crippen molar-refractivity contribution in [2.75, 3.05) is 20.1 Å². The molecule has 1 aliphatic rings. The topological polar surface area (TPSA) is 24.0 Å². The van der Waals surface area contributed by atoms with E-state index in [9.17, 15) is 8.78 Å². The molecule has 1 fully saturated rings. The standard InChI is InChI=1S/C14H17F2N3S/c1-18-4-2-9(3-5-18)8-19-12-7-10(15)6-11(16)13(12)17-14(19)20/h6-7,9H,2-5,8H2,1H3,(H,17,20). The summed E-state index contributed by atoms with van der Waals surface area (Å²) >= 11 is 5.26. The molecule has 3 nitrogen and oxygen atoms in total. The van der Waals surface area contributed by atoms with Gasteiger partial charge in [0.2, 0.25) is 0 Å². The molecule has 108 valence electrons. The minimum absolute atomic E-state index is 0.296. The van der Waals surface area contributed by atoms with Gasteiger partial charge in [-0.05, 0) is 57.2 Å². The van der Waals surface area contributed by atoms with Crippen LogP contribution in [0.4, 0.5) is 8.78 Å². The number of hydrogen-bond acceptors (Lipinski definition) is 2. The molecule has 1 saturated heterocycles. The van der Waals surface area contributed by atoms with Gasteiger partial charge in [-0.25, -0.2) is 8.78 Å². The zero-order chi connectivity index (χ0) is 14.3. The number of fused-ring (bicyclic) bond motifs is 1. The molecule has 1 N–H and O–H groups in total. The molecule has 0 amide bonds. The quantitative estimate of drug-likeness (QED) is 0.860. The van der Waals surface area contributed by atoms with Crippen LogP contribution in [0.2, 0.25) is 0 Å². The SMILES string of the molecule is CN1CCC(Cn2c(=S)[nH]c3c(F)cc(F)cc32)CC1. The van der Waals surface area contributed by atoms with Crippen molar-refractivity contribution in [1.82, 2.24) is 14.5 Å². The molecule has 0 bridgehead atoms. The maximum atomic E-state index is 13.7. The number of likely N-dealkylation sites (tertiary alicyclic amines) is 1. The second-order valence-corrected chi connectivity index (χ2v) is 5.96. The number of aromatic nitrogens is 2. The summed E-state index contributed by atoms with van der Waals surface area (Å²) in [7, 11) is 2.11. The number of piperidine rings is 1. The predicted octanol–water partition coefficient (Wildman–Crippen LogP) is 3.32. The Labute approximate surface area is 121 Å². The van der Waals surface area contributed by atoms with Gasteiger partial charge in [-0.15, -0.1) is 0 Å². The first-order valence-electron chi connectivity index (χ1n) is 6.80. The van der Waals surface area contributed by atoms with Gasteiger partial charge in [0.15, 0.2) is 10.6 Å². The van der Waals surface area contributed by atoms with Crippen molar-refractivity contribution >= 4 is 23.3 Å². The molecule has 2 heterocycles. The number of aromatic amines is 1. The molecule has 0 spiro atoms. The molecular formula is C14H17F2N3S. The van der Waals surface area contributed by atoms with Gasteiger partial charge in [-0.3, -0.25) is 0 Å². The smallest absolute Gasteiger partial charge is 0.178 e. The Kier molecular flexibility index (Phi) is 3.60. The maximum absolute atomic E-state index is 13.7. The number of nitrogens with zero attached hydrogens (tertiary/aromatic N) is 2. The summed E-state index contributed by atoms with van der Waals surface area (Å²) in [4.78, 5) is 5.14. The van der Waals surface area contributed by atoms with Crippen molar-refractivity contribution in [3.8, 4) is 0 Å². The summed E-state index contributed by atoms with van der Waals surface area (Å²) < 4.78 is 29.4. The van der Waals surface area contributed by atoms with E-state index in [1.165, 1.54) is 6.07 Å². The lowest BCUT2D eigenvalue weighted by molar-refractivity contribution is 0.206. The molecular weight excluding hydrogens is 280 g/mol. The highest BCUT2D eigenvalue weighted by atomic mass is 32.1. The van der Waals surface area contributed by atoms with E-state index >= 15 is 0 Å². The Balaban J connectivity index is 1.95. The Bertz CT molecular complexity index is 684. The van der Waals surface area contributed by atoms with Gasteiger partial charge in [0.05, 0.1) is 5.52 Å². The zero-order valence-electron chi connectivity index (χ0n) is 11.3. The highest BCUT2D eigenvalue weighted by molar-refractivity contribution is 7.71. The minimum atomic E-state index is -0.590. The van der Waals surface area contributed by atoms with Crippen LogP contribution in [0.25, 0.3) is 11.0 Å². The molecule has 0 atom stereocenters. The van der Waals surface area contributed by atoms with Crippen LogP contribution in [0.1, 0.15) is 12.8 Å². The second-order valence-electron chi connectivity index (χ2n) is 5.57. The first-order valence-corrected chi connectivity index (χ1v) is 7.21. The van der Waals surface area contributed by atoms with E-state index < -0.39 is 11.6 Å². The molecule has 3 rings (SSSR count). The normalized spacial score (nSPS) is 17.9. The van der Waals surface area contributed by atoms with Gasteiger partial charge in [-0.1, -0.05) is 0 Å². The first kappa shape index (κ1) is 13.7. The molecule has 6 heteroatoms. The van der Waals surface area contributed by atoms with E-state index in [1.54, 1.807) is 0 Å². The lowest BCUT2D eigenvalue weighted by Crippen LogP contribution is -2.31. The Morgan fingerprint density at radius 2 is 2.00 bits per heavy atom. The Morgan fingerprint density at radius 3 is 2.70 bits per heavy atom. The third-order valence-corrected chi connectivity index (χ3v) is 4.40. The number of imidazole rings is 1. The van der Waals surface area contributed by atoms with Crippen molar-refractivity contribution in [1.29, 1.82) is 0 Å². The van der Waals surface area contributed by atoms with E-state index in [0.717, 1.165) is 38.5 Å². The van der Waals surface area contributed by atoms with Crippen LogP contribution in [0.3, 0.4) is 0 Å². The van der Waals surface area contributed by atoms with Gasteiger partial charge in [0.1, 0.15) is 11.3 Å². The van der Waals surface area contributed by atoms with Crippen molar-refractivity contribution in [3.05, 3.63) is 28.5 Å². The fraction of sp³-hybridized carbons (Fsp3) is 0.500.